The van der Waals surface area contributed by atoms with Crippen molar-refractivity contribution in [3.8, 4) is 0 Å². The van der Waals surface area contributed by atoms with Crippen LogP contribution in [0.4, 0.5) is 0 Å². The fraction of sp³-hybridized carbons (Fsp3) is 0.381. The summed E-state index contributed by atoms with van der Waals surface area (Å²) in [5.74, 6) is 0.793. The molecule has 2 aromatic heterocycles. The first kappa shape index (κ1) is 22.9. The lowest BCUT2D eigenvalue weighted by molar-refractivity contribution is 0.686. The summed E-state index contributed by atoms with van der Waals surface area (Å²) in [6.45, 7) is 9.04. The van der Waals surface area contributed by atoms with Crippen LogP contribution in [0, 0.1) is 13.8 Å². The van der Waals surface area contributed by atoms with E-state index >= 15 is 0 Å². The van der Waals surface area contributed by atoms with Crippen molar-refractivity contribution in [2.45, 2.75) is 40.4 Å². The molecule has 0 unspecified atom stereocenters. The third-order valence-electron chi connectivity index (χ3n) is 4.73. The van der Waals surface area contributed by atoms with Crippen LogP contribution in [-0.4, -0.2) is 32.1 Å². The van der Waals surface area contributed by atoms with Gasteiger partial charge in [-0.1, -0.05) is 30.3 Å². The minimum atomic E-state index is 0. The number of rotatable bonds is 7. The topological polar surface area (TPSA) is 72.1 Å². The number of aliphatic imine (C=N–C) groups is 1. The van der Waals surface area contributed by atoms with Crippen LogP contribution in [0.3, 0.4) is 0 Å². The summed E-state index contributed by atoms with van der Waals surface area (Å²) < 4.78 is 3.86. The number of nitrogens with zero attached hydrogens (tertiary/aromatic N) is 5. The summed E-state index contributed by atoms with van der Waals surface area (Å²) in [6, 6.07) is 10.3. The molecule has 8 heteroatoms. The molecule has 0 aliphatic heterocycles. The molecule has 2 N–H and O–H groups in total. The third-order valence-corrected chi connectivity index (χ3v) is 4.73. The van der Waals surface area contributed by atoms with Crippen molar-refractivity contribution in [1.82, 2.24) is 30.2 Å². The first-order valence-electron chi connectivity index (χ1n) is 9.63. The zero-order valence-electron chi connectivity index (χ0n) is 17.5. The second-order valence-corrected chi connectivity index (χ2v) is 6.85. The molecule has 0 bridgehead atoms. The van der Waals surface area contributed by atoms with E-state index in [0.717, 1.165) is 30.3 Å². The molecular weight excluding hydrogens is 477 g/mol. The predicted octanol–water partition coefficient (Wildman–Crippen LogP) is 3.16. The highest BCUT2D eigenvalue weighted by Gasteiger charge is 2.09. The normalized spacial score (nSPS) is 11.2. The van der Waals surface area contributed by atoms with Gasteiger partial charge >= 0.3 is 0 Å². The third kappa shape index (κ3) is 6.31. The number of hydrogen-bond acceptors (Lipinski definition) is 3. The lowest BCUT2D eigenvalue weighted by Crippen LogP contribution is -2.37. The van der Waals surface area contributed by atoms with Gasteiger partial charge in [0.15, 0.2) is 5.96 Å². The summed E-state index contributed by atoms with van der Waals surface area (Å²) in [6.07, 6.45) is 3.93. The van der Waals surface area contributed by atoms with Gasteiger partial charge in [-0.15, -0.1) is 24.0 Å². The molecule has 1 aromatic carbocycles. The van der Waals surface area contributed by atoms with Gasteiger partial charge < -0.3 is 10.6 Å². The molecule has 29 heavy (non-hydrogen) atoms. The second kappa shape index (κ2) is 11.0. The number of aromatic nitrogens is 4. The highest BCUT2D eigenvalue weighted by molar-refractivity contribution is 14.0. The molecule has 3 aromatic rings. The van der Waals surface area contributed by atoms with Gasteiger partial charge in [0.25, 0.3) is 0 Å². The molecule has 0 atom stereocenters. The van der Waals surface area contributed by atoms with E-state index < -0.39 is 0 Å². The van der Waals surface area contributed by atoms with E-state index in [1.54, 1.807) is 0 Å². The van der Waals surface area contributed by atoms with Crippen molar-refractivity contribution >= 4 is 29.9 Å². The Morgan fingerprint density at radius 1 is 1.10 bits per heavy atom. The highest BCUT2D eigenvalue weighted by atomic mass is 127. The lowest BCUT2D eigenvalue weighted by atomic mass is 10.2. The Hall–Kier alpha value is -2.36. The predicted molar refractivity (Wildman–Crippen MR) is 128 cm³/mol. The number of hydrogen-bond donors (Lipinski definition) is 2. The second-order valence-electron chi connectivity index (χ2n) is 6.85. The number of nitrogens with one attached hydrogen (secondary N) is 2. The summed E-state index contributed by atoms with van der Waals surface area (Å²) >= 11 is 0. The molecule has 156 valence electrons. The van der Waals surface area contributed by atoms with Crippen LogP contribution in [-0.2, 0) is 26.7 Å². The molecule has 0 aliphatic rings. The van der Waals surface area contributed by atoms with Crippen molar-refractivity contribution in [2.75, 3.05) is 6.54 Å². The number of halogens is 1. The Morgan fingerprint density at radius 3 is 2.52 bits per heavy atom. The summed E-state index contributed by atoms with van der Waals surface area (Å²) in [7, 11) is 1.97. The largest absolute Gasteiger partial charge is 0.357 e. The zero-order valence-corrected chi connectivity index (χ0v) is 19.8. The van der Waals surface area contributed by atoms with Gasteiger partial charge in [0.1, 0.15) is 0 Å². The van der Waals surface area contributed by atoms with Crippen molar-refractivity contribution in [3.63, 3.8) is 0 Å². The van der Waals surface area contributed by atoms with Crippen LogP contribution in [0.1, 0.15) is 35.0 Å². The van der Waals surface area contributed by atoms with E-state index in [4.69, 9.17) is 4.99 Å². The average molecular weight is 507 g/mol. The van der Waals surface area contributed by atoms with Crippen LogP contribution in [0.15, 0.2) is 47.7 Å². The van der Waals surface area contributed by atoms with Crippen molar-refractivity contribution in [1.29, 1.82) is 0 Å². The van der Waals surface area contributed by atoms with Crippen LogP contribution < -0.4 is 10.6 Å². The monoisotopic (exact) mass is 507 g/mol. The molecule has 7 nitrogen and oxygen atoms in total. The van der Waals surface area contributed by atoms with E-state index in [-0.39, 0.29) is 24.0 Å². The molecule has 0 saturated heterocycles. The van der Waals surface area contributed by atoms with Crippen LogP contribution in [0.25, 0.3) is 0 Å². The number of aryl methyl sites for hydroxylation is 2. The van der Waals surface area contributed by atoms with Crippen LogP contribution >= 0.6 is 24.0 Å². The molecule has 0 amide bonds. The Labute approximate surface area is 189 Å². The standard InChI is InChI=1S/C21H29N7.HI/c1-5-22-21(24-13-20-16(2)26-27(4)17(20)3)23-11-19-12-25-28(15-19)14-18-9-7-6-8-10-18;/h6-10,12,15H,5,11,13-14H2,1-4H3,(H2,22,23,24);1H. The number of guanidine groups is 1. The van der Waals surface area contributed by atoms with E-state index in [1.807, 2.05) is 47.7 Å². The Bertz CT molecular complexity index is 928. The molecule has 0 saturated carbocycles. The number of benzene rings is 1. The molecule has 0 radical (unpaired) electrons. The van der Waals surface area contributed by atoms with Gasteiger partial charge in [0.05, 0.1) is 25.0 Å². The summed E-state index contributed by atoms with van der Waals surface area (Å²) in [4.78, 5) is 4.70. The Morgan fingerprint density at radius 2 is 1.86 bits per heavy atom. The fourth-order valence-electron chi connectivity index (χ4n) is 3.10. The van der Waals surface area contributed by atoms with E-state index in [2.05, 4.69) is 53.0 Å². The molecular formula is C21H30IN7. The van der Waals surface area contributed by atoms with Gasteiger partial charge in [-0.2, -0.15) is 10.2 Å². The van der Waals surface area contributed by atoms with Crippen LogP contribution in [0.2, 0.25) is 0 Å². The van der Waals surface area contributed by atoms with Crippen molar-refractivity contribution in [3.05, 3.63) is 70.8 Å². The smallest absolute Gasteiger partial charge is 0.191 e. The quantitative estimate of drug-likeness (QED) is 0.293. The van der Waals surface area contributed by atoms with Gasteiger partial charge in [-0.3, -0.25) is 9.36 Å². The van der Waals surface area contributed by atoms with Crippen molar-refractivity contribution in [2.24, 2.45) is 12.0 Å². The maximum atomic E-state index is 4.70. The Balaban J connectivity index is 0.00000300. The average Bonchev–Trinajstić information content (AvgIpc) is 3.23. The van der Waals surface area contributed by atoms with Gasteiger partial charge in [-0.25, -0.2) is 4.99 Å². The highest BCUT2D eigenvalue weighted by Crippen LogP contribution is 2.11. The van der Waals surface area contributed by atoms with Gasteiger partial charge in [0.2, 0.25) is 0 Å². The minimum absolute atomic E-state index is 0. The molecule has 3 rings (SSSR count). The maximum absolute atomic E-state index is 4.70. The molecule has 0 spiro atoms. The van der Waals surface area contributed by atoms with Crippen LogP contribution in [0.5, 0.6) is 0 Å². The van der Waals surface area contributed by atoms with E-state index in [9.17, 15) is 0 Å². The molecule has 0 aliphatic carbocycles. The minimum Gasteiger partial charge on any atom is -0.357 e. The Kier molecular flexibility index (Phi) is 8.69. The molecule has 0 fully saturated rings. The van der Waals surface area contributed by atoms with Gasteiger partial charge in [0, 0.05) is 43.2 Å². The SMILES string of the molecule is CCNC(=NCc1cnn(Cc2ccccc2)c1)NCc1c(C)nn(C)c1C.I. The zero-order chi connectivity index (χ0) is 19.9. The fourth-order valence-corrected chi connectivity index (χ4v) is 3.10. The maximum Gasteiger partial charge on any atom is 0.191 e. The summed E-state index contributed by atoms with van der Waals surface area (Å²) in [5, 5.41) is 15.6. The van der Waals surface area contributed by atoms with Gasteiger partial charge in [-0.05, 0) is 26.3 Å². The van der Waals surface area contributed by atoms with E-state index in [1.165, 1.54) is 16.8 Å². The van der Waals surface area contributed by atoms with E-state index in [0.29, 0.717) is 13.1 Å². The summed E-state index contributed by atoms with van der Waals surface area (Å²) in [5.41, 5.74) is 5.75. The lowest BCUT2D eigenvalue weighted by Gasteiger charge is -2.11. The first-order chi connectivity index (χ1) is 13.6. The molecule has 2 heterocycles. The first-order valence-corrected chi connectivity index (χ1v) is 9.63. The van der Waals surface area contributed by atoms with Crippen molar-refractivity contribution < 1.29 is 0 Å².